The van der Waals surface area contributed by atoms with E-state index in [4.69, 9.17) is 4.74 Å². The summed E-state index contributed by atoms with van der Waals surface area (Å²) in [4.78, 5) is 11.1. The van der Waals surface area contributed by atoms with E-state index in [9.17, 15) is 15.0 Å². The molecule has 1 heterocycles. The first-order valence-corrected chi connectivity index (χ1v) is 5.01. The van der Waals surface area contributed by atoms with E-state index in [1.165, 1.54) is 37.4 Å². The zero-order valence-electron chi connectivity index (χ0n) is 9.15. The maximum absolute atomic E-state index is 11.1. The van der Waals surface area contributed by atoms with Crippen LogP contribution in [0.1, 0.15) is 0 Å². The van der Waals surface area contributed by atoms with Gasteiger partial charge >= 0.3 is 0 Å². The van der Waals surface area contributed by atoms with Crippen molar-refractivity contribution in [3.05, 3.63) is 46.8 Å². The van der Waals surface area contributed by atoms with Crippen LogP contribution in [-0.4, -0.2) is 31.9 Å². The van der Waals surface area contributed by atoms with Crippen molar-refractivity contribution in [1.82, 2.24) is 9.78 Å². The van der Waals surface area contributed by atoms with Crippen LogP contribution in [0, 0.1) is 0 Å². The molecule has 1 aliphatic carbocycles. The van der Waals surface area contributed by atoms with Crippen molar-refractivity contribution >= 4 is 0 Å². The van der Waals surface area contributed by atoms with Crippen LogP contribution >= 0.6 is 0 Å². The van der Waals surface area contributed by atoms with E-state index >= 15 is 0 Å². The standard InChI is InChI=1S/C11H12N2O4/c1-13-10(14)6-5-9(12-13)17-8-4-2-3-7-11(8,15)16/h2-8,15-16H,1H3/t8-/m1/s1. The van der Waals surface area contributed by atoms with Gasteiger partial charge in [-0.25, -0.2) is 4.68 Å². The number of aliphatic hydroxyl groups is 2. The summed E-state index contributed by atoms with van der Waals surface area (Å²) in [5.74, 6) is -1.94. The molecule has 0 fully saturated rings. The van der Waals surface area contributed by atoms with Gasteiger partial charge in [-0.1, -0.05) is 12.2 Å². The highest BCUT2D eigenvalue weighted by Crippen LogP contribution is 2.19. The summed E-state index contributed by atoms with van der Waals surface area (Å²) in [6.45, 7) is 0. The fraction of sp³-hybridized carbons (Fsp3) is 0.273. The number of nitrogens with zero attached hydrogens (tertiary/aromatic N) is 2. The van der Waals surface area contributed by atoms with Gasteiger partial charge in [0.15, 0.2) is 6.10 Å². The summed E-state index contributed by atoms with van der Waals surface area (Å²) < 4.78 is 6.40. The molecule has 6 nitrogen and oxygen atoms in total. The van der Waals surface area contributed by atoms with Crippen LogP contribution in [0.15, 0.2) is 41.2 Å². The lowest BCUT2D eigenvalue weighted by Gasteiger charge is -2.27. The Bertz CT molecular complexity index is 531. The monoisotopic (exact) mass is 236 g/mol. The van der Waals surface area contributed by atoms with Gasteiger partial charge in [0.05, 0.1) is 0 Å². The van der Waals surface area contributed by atoms with E-state index in [0.717, 1.165) is 4.68 Å². The van der Waals surface area contributed by atoms with Gasteiger partial charge in [-0.15, -0.1) is 5.10 Å². The lowest BCUT2D eigenvalue weighted by Crippen LogP contribution is -2.44. The molecule has 2 rings (SSSR count). The fourth-order valence-corrected chi connectivity index (χ4v) is 1.40. The lowest BCUT2D eigenvalue weighted by molar-refractivity contribution is -0.167. The molecular formula is C11H12N2O4. The number of allylic oxidation sites excluding steroid dienone is 2. The Morgan fingerprint density at radius 1 is 1.41 bits per heavy atom. The van der Waals surface area contributed by atoms with E-state index in [0.29, 0.717) is 0 Å². The second-order valence-corrected chi connectivity index (χ2v) is 3.70. The van der Waals surface area contributed by atoms with Crippen molar-refractivity contribution in [1.29, 1.82) is 0 Å². The maximum Gasteiger partial charge on any atom is 0.266 e. The van der Waals surface area contributed by atoms with Crippen molar-refractivity contribution in [2.45, 2.75) is 11.9 Å². The molecule has 0 saturated heterocycles. The molecule has 1 atom stereocenters. The molecule has 1 aliphatic rings. The van der Waals surface area contributed by atoms with Crippen molar-refractivity contribution < 1.29 is 14.9 Å². The number of aryl methyl sites for hydroxylation is 1. The molecule has 0 saturated carbocycles. The molecule has 0 bridgehead atoms. The zero-order valence-corrected chi connectivity index (χ0v) is 9.15. The van der Waals surface area contributed by atoms with Gasteiger partial charge in [0.2, 0.25) is 11.7 Å². The third kappa shape index (κ3) is 2.43. The number of hydrogen-bond donors (Lipinski definition) is 2. The molecule has 17 heavy (non-hydrogen) atoms. The Balaban J connectivity index is 2.21. The van der Waals surface area contributed by atoms with Crippen LogP contribution < -0.4 is 10.3 Å². The van der Waals surface area contributed by atoms with Crippen molar-refractivity contribution in [3.8, 4) is 5.88 Å². The van der Waals surface area contributed by atoms with E-state index < -0.39 is 11.9 Å². The first-order valence-electron chi connectivity index (χ1n) is 5.01. The summed E-state index contributed by atoms with van der Waals surface area (Å²) in [5.41, 5.74) is -0.268. The van der Waals surface area contributed by atoms with Gasteiger partial charge in [-0.3, -0.25) is 4.79 Å². The van der Waals surface area contributed by atoms with Gasteiger partial charge in [0, 0.05) is 19.2 Å². The number of aromatic nitrogens is 2. The third-order valence-electron chi connectivity index (χ3n) is 2.34. The number of hydrogen-bond acceptors (Lipinski definition) is 5. The highest BCUT2D eigenvalue weighted by atomic mass is 16.6. The average Bonchev–Trinajstić information content (AvgIpc) is 2.26. The first kappa shape index (κ1) is 11.6. The minimum Gasteiger partial charge on any atom is -0.463 e. The van der Waals surface area contributed by atoms with E-state index in [1.807, 2.05) is 0 Å². The van der Waals surface area contributed by atoms with Gasteiger partial charge in [-0.2, -0.15) is 0 Å². The maximum atomic E-state index is 11.1. The highest BCUT2D eigenvalue weighted by Gasteiger charge is 2.33. The van der Waals surface area contributed by atoms with Crippen LogP contribution in [0.25, 0.3) is 0 Å². The normalized spacial score (nSPS) is 21.5. The molecule has 0 radical (unpaired) electrons. The molecule has 1 aromatic rings. The Labute approximate surface area is 97.1 Å². The topological polar surface area (TPSA) is 84.6 Å². The molecule has 0 aromatic carbocycles. The van der Waals surface area contributed by atoms with Crippen LogP contribution in [0.5, 0.6) is 5.88 Å². The third-order valence-corrected chi connectivity index (χ3v) is 2.34. The van der Waals surface area contributed by atoms with Gasteiger partial charge in [0.25, 0.3) is 5.56 Å². The van der Waals surface area contributed by atoms with E-state index in [1.54, 1.807) is 6.08 Å². The first-order chi connectivity index (χ1) is 7.99. The zero-order chi connectivity index (χ0) is 12.5. The lowest BCUT2D eigenvalue weighted by atomic mass is 10.1. The number of ether oxygens (including phenoxy) is 1. The highest BCUT2D eigenvalue weighted by molar-refractivity contribution is 5.21. The van der Waals surface area contributed by atoms with Gasteiger partial charge in [0.1, 0.15) is 0 Å². The molecule has 6 heteroatoms. The quantitative estimate of drug-likeness (QED) is 0.665. The SMILES string of the molecule is Cn1nc(O[C@@H]2C=CC=CC2(O)O)ccc1=O. The van der Waals surface area contributed by atoms with Gasteiger partial charge in [-0.05, 0) is 12.2 Å². The molecule has 0 amide bonds. The van der Waals surface area contributed by atoms with Crippen LogP contribution in [0.4, 0.5) is 0 Å². The predicted molar refractivity (Wildman–Crippen MR) is 59.3 cm³/mol. The second-order valence-electron chi connectivity index (χ2n) is 3.70. The largest absolute Gasteiger partial charge is 0.463 e. The smallest absolute Gasteiger partial charge is 0.266 e. The summed E-state index contributed by atoms with van der Waals surface area (Å²) in [7, 11) is 1.48. The molecule has 1 aromatic heterocycles. The summed E-state index contributed by atoms with van der Waals surface area (Å²) in [5, 5.41) is 23.1. The average molecular weight is 236 g/mol. The Morgan fingerprint density at radius 3 is 2.82 bits per heavy atom. The summed E-state index contributed by atoms with van der Waals surface area (Å²) in [6, 6.07) is 2.67. The molecule has 0 spiro atoms. The Kier molecular flexibility index (Phi) is 2.83. The molecular weight excluding hydrogens is 224 g/mol. The fourth-order valence-electron chi connectivity index (χ4n) is 1.40. The van der Waals surface area contributed by atoms with Crippen molar-refractivity contribution in [2.24, 2.45) is 7.05 Å². The molecule has 2 N–H and O–H groups in total. The van der Waals surface area contributed by atoms with Gasteiger partial charge < -0.3 is 14.9 Å². The summed E-state index contributed by atoms with van der Waals surface area (Å²) >= 11 is 0. The molecule has 0 unspecified atom stereocenters. The second kappa shape index (κ2) is 4.15. The minimum absolute atomic E-state index is 0.143. The Hall–Kier alpha value is -1.92. The van der Waals surface area contributed by atoms with Crippen LogP contribution in [0.2, 0.25) is 0 Å². The van der Waals surface area contributed by atoms with Crippen molar-refractivity contribution in [2.75, 3.05) is 0 Å². The van der Waals surface area contributed by atoms with Crippen molar-refractivity contribution in [3.63, 3.8) is 0 Å². The van der Waals surface area contributed by atoms with E-state index in [-0.39, 0.29) is 11.4 Å². The minimum atomic E-state index is -2.08. The number of rotatable bonds is 2. The van der Waals surface area contributed by atoms with Crippen LogP contribution in [0.3, 0.4) is 0 Å². The molecule has 90 valence electrons. The predicted octanol–water partition coefficient (Wildman–Crippen LogP) is -0.665. The van der Waals surface area contributed by atoms with Crippen LogP contribution in [-0.2, 0) is 7.05 Å². The molecule has 0 aliphatic heterocycles. The Morgan fingerprint density at radius 2 is 2.18 bits per heavy atom. The van der Waals surface area contributed by atoms with E-state index in [2.05, 4.69) is 5.10 Å². The summed E-state index contributed by atoms with van der Waals surface area (Å²) in [6.07, 6.45) is 4.88.